The summed E-state index contributed by atoms with van der Waals surface area (Å²) in [4.78, 5) is 15.0. The van der Waals surface area contributed by atoms with E-state index >= 15 is 0 Å². The number of benzene rings is 2. The molecule has 3 atom stereocenters. The number of carbonyl (C=O) groups is 1. The molecule has 7 heteroatoms. The molecule has 4 rings (SSSR count). The number of nitrogens with one attached hydrogen (secondary N) is 2. The molecule has 2 N–H and O–H groups in total. The highest BCUT2D eigenvalue weighted by molar-refractivity contribution is 5.89. The van der Waals surface area contributed by atoms with Gasteiger partial charge in [0.2, 0.25) is 0 Å². The topological polar surface area (TPSA) is 86.6 Å². The zero-order valence-corrected chi connectivity index (χ0v) is 18.9. The molecule has 0 unspecified atom stereocenters. The maximum atomic E-state index is 12.6. The summed E-state index contributed by atoms with van der Waals surface area (Å²) >= 11 is 0. The van der Waals surface area contributed by atoms with Gasteiger partial charge in [0.05, 0.1) is 25.9 Å². The highest BCUT2D eigenvalue weighted by Gasteiger charge is 2.50. The summed E-state index contributed by atoms with van der Waals surface area (Å²) in [7, 11) is 5.50. The minimum atomic E-state index is -0.209. The lowest BCUT2D eigenvalue weighted by molar-refractivity contribution is 0.156. The van der Waals surface area contributed by atoms with Crippen LogP contribution in [-0.4, -0.2) is 50.8 Å². The van der Waals surface area contributed by atoms with E-state index in [1.54, 1.807) is 38.5 Å². The van der Waals surface area contributed by atoms with Crippen LogP contribution in [0.5, 0.6) is 11.5 Å². The first-order chi connectivity index (χ1) is 15.5. The van der Waals surface area contributed by atoms with Gasteiger partial charge in [-0.15, -0.1) is 0 Å². The molecule has 2 aromatic carbocycles. The SMILES string of the molecule is COc1ccc([C@@]23CC[C@H](NC(=O)Nc4ccc(C#N)cc4)C[C@H]2N(C)CC3)cc1OC. The van der Waals surface area contributed by atoms with Crippen molar-refractivity contribution in [3.8, 4) is 17.6 Å². The van der Waals surface area contributed by atoms with E-state index in [1.807, 2.05) is 6.07 Å². The Bertz CT molecular complexity index is 1020. The van der Waals surface area contributed by atoms with Gasteiger partial charge in [0.25, 0.3) is 0 Å². The normalized spacial score (nSPS) is 24.8. The van der Waals surface area contributed by atoms with Gasteiger partial charge in [-0.1, -0.05) is 6.07 Å². The summed E-state index contributed by atoms with van der Waals surface area (Å²) < 4.78 is 11.0. The predicted octanol–water partition coefficient (Wildman–Crippen LogP) is 3.89. The number of carbonyl (C=O) groups excluding carboxylic acids is 1. The van der Waals surface area contributed by atoms with Crippen LogP contribution in [0.25, 0.3) is 0 Å². The molecule has 0 radical (unpaired) electrons. The molecule has 1 aliphatic carbocycles. The summed E-state index contributed by atoms with van der Waals surface area (Å²) in [6.07, 6.45) is 3.90. The fourth-order valence-corrected chi connectivity index (χ4v) is 5.38. The molecule has 0 bridgehead atoms. The van der Waals surface area contributed by atoms with Gasteiger partial charge in [-0.25, -0.2) is 4.79 Å². The Balaban J connectivity index is 1.46. The Morgan fingerprint density at radius 1 is 1.12 bits per heavy atom. The molecular formula is C25H30N4O3. The van der Waals surface area contributed by atoms with Crippen molar-refractivity contribution in [3.63, 3.8) is 0 Å². The van der Waals surface area contributed by atoms with E-state index in [1.165, 1.54) is 5.56 Å². The Morgan fingerprint density at radius 2 is 1.88 bits per heavy atom. The van der Waals surface area contributed by atoms with Crippen molar-refractivity contribution in [3.05, 3.63) is 53.6 Å². The number of amides is 2. The fraction of sp³-hybridized carbons (Fsp3) is 0.440. The molecule has 7 nitrogen and oxygen atoms in total. The Kier molecular flexibility index (Phi) is 6.24. The van der Waals surface area contributed by atoms with Crippen LogP contribution in [0, 0.1) is 11.3 Å². The first-order valence-corrected chi connectivity index (χ1v) is 11.0. The highest BCUT2D eigenvalue weighted by Crippen LogP contribution is 2.49. The van der Waals surface area contributed by atoms with Gasteiger partial charge in [-0.05, 0) is 81.2 Å². The van der Waals surface area contributed by atoms with E-state index in [4.69, 9.17) is 14.7 Å². The van der Waals surface area contributed by atoms with E-state index in [0.717, 1.165) is 43.7 Å². The van der Waals surface area contributed by atoms with Gasteiger partial charge in [0.1, 0.15) is 0 Å². The van der Waals surface area contributed by atoms with Crippen molar-refractivity contribution in [1.82, 2.24) is 10.2 Å². The number of likely N-dealkylation sites (tertiary alicyclic amines) is 1. The molecule has 0 spiro atoms. The number of nitriles is 1. The zero-order valence-electron chi connectivity index (χ0n) is 18.9. The first kappa shape index (κ1) is 22.0. The number of methoxy groups -OCH3 is 2. The van der Waals surface area contributed by atoms with Crippen molar-refractivity contribution < 1.29 is 14.3 Å². The third kappa shape index (κ3) is 4.11. The van der Waals surface area contributed by atoms with E-state index in [0.29, 0.717) is 17.3 Å². The molecule has 2 aromatic rings. The van der Waals surface area contributed by atoms with Crippen molar-refractivity contribution >= 4 is 11.7 Å². The third-order valence-corrected chi connectivity index (χ3v) is 7.09. The van der Waals surface area contributed by atoms with Crippen LogP contribution in [0.4, 0.5) is 10.5 Å². The Labute approximate surface area is 189 Å². The van der Waals surface area contributed by atoms with Gasteiger partial charge in [-0.3, -0.25) is 0 Å². The lowest BCUT2D eigenvalue weighted by Gasteiger charge is -2.45. The molecule has 1 heterocycles. The average Bonchev–Trinajstić information content (AvgIpc) is 3.16. The standard InChI is InChI=1S/C25H30N4O3/c1-29-13-12-25(18-6-9-21(31-2)22(14-18)32-3)11-10-20(15-23(25)29)28-24(30)27-19-7-4-17(16-26)5-8-19/h4-9,14,20,23H,10-13,15H2,1-3H3,(H2,27,28,30)/t20-,23+,25-/m0/s1. The summed E-state index contributed by atoms with van der Waals surface area (Å²) in [5, 5.41) is 14.9. The predicted molar refractivity (Wildman–Crippen MR) is 123 cm³/mol. The number of urea groups is 1. The number of ether oxygens (including phenoxy) is 2. The first-order valence-electron chi connectivity index (χ1n) is 11.0. The van der Waals surface area contributed by atoms with Crippen LogP contribution < -0.4 is 20.1 Å². The number of hydrogen-bond donors (Lipinski definition) is 2. The van der Waals surface area contributed by atoms with Crippen LogP contribution in [0.2, 0.25) is 0 Å². The molecule has 168 valence electrons. The van der Waals surface area contributed by atoms with Crippen molar-refractivity contribution in [1.29, 1.82) is 5.26 Å². The molecule has 1 saturated heterocycles. The number of anilines is 1. The molecule has 2 aliphatic rings. The van der Waals surface area contributed by atoms with Gasteiger partial charge in [0.15, 0.2) is 11.5 Å². The smallest absolute Gasteiger partial charge is 0.319 e. The van der Waals surface area contributed by atoms with Crippen molar-refractivity contribution in [2.45, 2.75) is 43.2 Å². The molecule has 32 heavy (non-hydrogen) atoms. The third-order valence-electron chi connectivity index (χ3n) is 7.09. The molecular weight excluding hydrogens is 404 g/mol. The minimum absolute atomic E-state index is 0.0517. The molecule has 2 amide bonds. The van der Waals surface area contributed by atoms with E-state index in [-0.39, 0.29) is 17.5 Å². The number of fused-ring (bicyclic) bond motifs is 1. The van der Waals surface area contributed by atoms with Crippen LogP contribution in [0.1, 0.15) is 36.8 Å². The van der Waals surface area contributed by atoms with E-state index < -0.39 is 0 Å². The van der Waals surface area contributed by atoms with Crippen LogP contribution in [-0.2, 0) is 5.41 Å². The second kappa shape index (κ2) is 9.09. The Hall–Kier alpha value is -3.24. The van der Waals surface area contributed by atoms with Gasteiger partial charge in [0, 0.05) is 23.2 Å². The quantitative estimate of drug-likeness (QED) is 0.746. The van der Waals surface area contributed by atoms with Gasteiger partial charge < -0.3 is 25.0 Å². The van der Waals surface area contributed by atoms with Crippen LogP contribution >= 0.6 is 0 Å². The van der Waals surface area contributed by atoms with Crippen LogP contribution in [0.3, 0.4) is 0 Å². The average molecular weight is 435 g/mol. The Morgan fingerprint density at radius 3 is 2.56 bits per heavy atom. The second-order valence-electron chi connectivity index (χ2n) is 8.73. The number of nitrogens with zero attached hydrogens (tertiary/aromatic N) is 2. The lowest BCUT2D eigenvalue weighted by Crippen LogP contribution is -2.52. The van der Waals surface area contributed by atoms with Gasteiger partial charge in [-0.2, -0.15) is 5.26 Å². The largest absolute Gasteiger partial charge is 0.493 e. The van der Waals surface area contributed by atoms with E-state index in [9.17, 15) is 4.79 Å². The lowest BCUT2D eigenvalue weighted by atomic mass is 9.65. The zero-order chi connectivity index (χ0) is 22.7. The molecule has 0 aromatic heterocycles. The minimum Gasteiger partial charge on any atom is -0.493 e. The highest BCUT2D eigenvalue weighted by atomic mass is 16.5. The number of rotatable bonds is 5. The monoisotopic (exact) mass is 434 g/mol. The molecule has 1 aliphatic heterocycles. The number of hydrogen-bond acceptors (Lipinski definition) is 5. The summed E-state index contributed by atoms with van der Waals surface area (Å²) in [5.74, 6) is 1.50. The second-order valence-corrected chi connectivity index (χ2v) is 8.73. The molecule has 1 saturated carbocycles. The maximum absolute atomic E-state index is 12.6. The van der Waals surface area contributed by atoms with E-state index in [2.05, 4.69) is 40.8 Å². The summed E-state index contributed by atoms with van der Waals surface area (Å²) in [6, 6.07) is 15.5. The number of likely N-dealkylation sites (N-methyl/N-ethyl adjacent to an activating group) is 1. The van der Waals surface area contributed by atoms with Crippen molar-refractivity contribution in [2.24, 2.45) is 0 Å². The summed E-state index contributed by atoms with van der Waals surface area (Å²) in [6.45, 7) is 1.03. The summed E-state index contributed by atoms with van der Waals surface area (Å²) in [5.41, 5.74) is 2.58. The van der Waals surface area contributed by atoms with Crippen molar-refractivity contribution in [2.75, 3.05) is 33.1 Å². The molecule has 2 fully saturated rings. The maximum Gasteiger partial charge on any atom is 0.319 e. The van der Waals surface area contributed by atoms with Gasteiger partial charge >= 0.3 is 6.03 Å². The fourth-order valence-electron chi connectivity index (χ4n) is 5.38. The van der Waals surface area contributed by atoms with Crippen LogP contribution in [0.15, 0.2) is 42.5 Å².